The summed E-state index contributed by atoms with van der Waals surface area (Å²) >= 11 is 0. The molecule has 126 valence electrons. The highest BCUT2D eigenvalue weighted by atomic mass is 127. The van der Waals surface area contributed by atoms with Crippen LogP contribution in [0.1, 0.15) is 19.4 Å². The Hall–Kier alpha value is -0.890. The molecule has 0 aliphatic carbocycles. The molecule has 0 aromatic heterocycles. The molecule has 0 unspecified atom stereocenters. The smallest absolute Gasteiger partial charge is 0.191 e. The van der Waals surface area contributed by atoms with Crippen molar-refractivity contribution in [3.63, 3.8) is 0 Å². The molecule has 0 aliphatic heterocycles. The molecule has 1 aromatic rings. The average Bonchev–Trinajstić information content (AvgIpc) is 2.39. The second-order valence-electron chi connectivity index (χ2n) is 6.27. The van der Waals surface area contributed by atoms with Crippen molar-refractivity contribution >= 4 is 29.9 Å². The molecule has 0 heterocycles. The van der Waals surface area contributed by atoms with Gasteiger partial charge in [0.15, 0.2) is 5.96 Å². The van der Waals surface area contributed by atoms with Crippen LogP contribution in [0.25, 0.3) is 0 Å². The Balaban J connectivity index is 0.00000441. The van der Waals surface area contributed by atoms with Gasteiger partial charge in [-0.3, -0.25) is 4.99 Å². The predicted molar refractivity (Wildman–Crippen MR) is 102 cm³/mol. The number of hydrogen-bond acceptors (Lipinski definition) is 2. The van der Waals surface area contributed by atoms with Gasteiger partial charge >= 0.3 is 0 Å². The summed E-state index contributed by atoms with van der Waals surface area (Å²) in [5.41, 5.74) is 0.757. The Labute approximate surface area is 150 Å². The Bertz CT molecular complexity index is 475. The van der Waals surface area contributed by atoms with Crippen molar-refractivity contribution < 1.29 is 4.39 Å². The molecule has 0 saturated carbocycles. The van der Waals surface area contributed by atoms with Crippen LogP contribution in [-0.4, -0.2) is 45.1 Å². The third-order valence-electron chi connectivity index (χ3n) is 3.11. The van der Waals surface area contributed by atoms with E-state index in [4.69, 9.17) is 0 Å². The normalized spacial score (nSPS) is 12.0. The number of rotatable bonds is 6. The highest BCUT2D eigenvalue weighted by Crippen LogP contribution is 2.14. The fourth-order valence-electron chi connectivity index (χ4n) is 2.28. The van der Waals surface area contributed by atoms with Crippen LogP contribution in [0.2, 0.25) is 0 Å². The largest absolute Gasteiger partial charge is 0.356 e. The van der Waals surface area contributed by atoms with Gasteiger partial charge in [0.25, 0.3) is 0 Å². The number of aliphatic imine (C=N–C) groups is 1. The maximum atomic E-state index is 13.6. The van der Waals surface area contributed by atoms with Gasteiger partial charge in [0.05, 0.1) is 0 Å². The predicted octanol–water partition coefficient (Wildman–Crippen LogP) is 2.70. The standard InChI is InChI=1S/C16H27FN4.HI/c1-16(2,12-21(4)5)11-20-15(18-3)19-10-13-8-6-7-9-14(13)17;/h6-9H,10-12H2,1-5H3,(H2,18,19,20);1H. The first-order chi connectivity index (χ1) is 9.84. The Morgan fingerprint density at radius 3 is 2.41 bits per heavy atom. The highest BCUT2D eigenvalue weighted by molar-refractivity contribution is 14.0. The SMILES string of the molecule is CN=C(NCc1ccccc1F)NCC(C)(C)CN(C)C.I. The number of hydrogen-bond donors (Lipinski definition) is 2. The van der Waals surface area contributed by atoms with Gasteiger partial charge in [0.2, 0.25) is 0 Å². The molecule has 4 nitrogen and oxygen atoms in total. The van der Waals surface area contributed by atoms with E-state index >= 15 is 0 Å². The number of guanidine groups is 1. The minimum absolute atomic E-state index is 0. The number of nitrogens with one attached hydrogen (secondary N) is 2. The lowest BCUT2D eigenvalue weighted by molar-refractivity contribution is 0.241. The second-order valence-corrected chi connectivity index (χ2v) is 6.27. The van der Waals surface area contributed by atoms with Crippen molar-refractivity contribution in [3.8, 4) is 0 Å². The quantitative estimate of drug-likeness (QED) is 0.421. The molecule has 2 N–H and O–H groups in total. The van der Waals surface area contributed by atoms with E-state index in [1.165, 1.54) is 6.07 Å². The Morgan fingerprint density at radius 1 is 1.23 bits per heavy atom. The lowest BCUT2D eigenvalue weighted by atomic mass is 9.93. The highest BCUT2D eigenvalue weighted by Gasteiger charge is 2.19. The summed E-state index contributed by atoms with van der Waals surface area (Å²) in [5.74, 6) is 0.485. The van der Waals surface area contributed by atoms with Crippen molar-refractivity contribution in [2.45, 2.75) is 20.4 Å². The molecule has 0 fully saturated rings. The van der Waals surface area contributed by atoms with Gasteiger partial charge in [0, 0.05) is 32.2 Å². The number of benzene rings is 1. The van der Waals surface area contributed by atoms with Crippen LogP contribution >= 0.6 is 24.0 Å². The van der Waals surface area contributed by atoms with Crippen LogP contribution in [0.4, 0.5) is 4.39 Å². The molecular formula is C16H28FIN4. The van der Waals surface area contributed by atoms with Crippen molar-refractivity contribution in [2.24, 2.45) is 10.4 Å². The van der Waals surface area contributed by atoms with Gasteiger partial charge in [-0.2, -0.15) is 0 Å². The molecule has 0 radical (unpaired) electrons. The van der Waals surface area contributed by atoms with Gasteiger partial charge in [0.1, 0.15) is 5.82 Å². The van der Waals surface area contributed by atoms with E-state index in [9.17, 15) is 4.39 Å². The third-order valence-corrected chi connectivity index (χ3v) is 3.11. The summed E-state index contributed by atoms with van der Waals surface area (Å²) in [6, 6.07) is 6.76. The molecule has 0 bridgehead atoms. The van der Waals surface area contributed by atoms with Crippen LogP contribution in [0.5, 0.6) is 0 Å². The van der Waals surface area contributed by atoms with Gasteiger partial charge < -0.3 is 15.5 Å². The monoisotopic (exact) mass is 422 g/mol. The second kappa shape index (κ2) is 9.99. The first kappa shape index (κ1) is 21.1. The molecule has 1 aromatic carbocycles. The zero-order valence-electron chi connectivity index (χ0n) is 14.1. The first-order valence-corrected chi connectivity index (χ1v) is 7.17. The van der Waals surface area contributed by atoms with E-state index in [2.05, 4.69) is 48.5 Å². The van der Waals surface area contributed by atoms with Gasteiger partial charge in [-0.15, -0.1) is 24.0 Å². The maximum Gasteiger partial charge on any atom is 0.191 e. The summed E-state index contributed by atoms with van der Waals surface area (Å²) in [4.78, 5) is 6.34. The molecule has 1 rings (SSSR count). The van der Waals surface area contributed by atoms with Gasteiger partial charge in [-0.1, -0.05) is 32.0 Å². The van der Waals surface area contributed by atoms with Crippen molar-refractivity contribution in [1.82, 2.24) is 15.5 Å². The van der Waals surface area contributed by atoms with E-state index < -0.39 is 0 Å². The van der Waals surface area contributed by atoms with Crippen LogP contribution in [-0.2, 0) is 6.54 Å². The fraction of sp³-hybridized carbons (Fsp3) is 0.562. The third kappa shape index (κ3) is 7.93. The van der Waals surface area contributed by atoms with E-state index in [0.717, 1.165) is 13.1 Å². The first-order valence-electron chi connectivity index (χ1n) is 7.17. The molecule has 0 saturated heterocycles. The number of halogens is 2. The Morgan fingerprint density at radius 2 is 1.86 bits per heavy atom. The maximum absolute atomic E-state index is 13.6. The van der Waals surface area contributed by atoms with Crippen LogP contribution in [0.3, 0.4) is 0 Å². The fourth-order valence-corrected chi connectivity index (χ4v) is 2.28. The molecule has 0 amide bonds. The topological polar surface area (TPSA) is 39.7 Å². The summed E-state index contributed by atoms with van der Waals surface area (Å²) in [5, 5.41) is 6.43. The van der Waals surface area contributed by atoms with Gasteiger partial charge in [-0.25, -0.2) is 4.39 Å². The van der Waals surface area contributed by atoms with Crippen LogP contribution in [0.15, 0.2) is 29.3 Å². The van der Waals surface area contributed by atoms with Crippen LogP contribution < -0.4 is 10.6 Å². The summed E-state index contributed by atoms with van der Waals surface area (Å²) < 4.78 is 13.6. The summed E-state index contributed by atoms with van der Waals surface area (Å²) in [6.45, 7) is 6.58. The van der Waals surface area contributed by atoms with E-state index in [1.54, 1.807) is 19.2 Å². The lowest BCUT2D eigenvalue weighted by Gasteiger charge is -2.29. The summed E-state index contributed by atoms with van der Waals surface area (Å²) in [6.07, 6.45) is 0. The van der Waals surface area contributed by atoms with E-state index in [1.807, 2.05) is 6.07 Å². The lowest BCUT2D eigenvalue weighted by Crippen LogP contribution is -2.44. The average molecular weight is 422 g/mol. The van der Waals surface area contributed by atoms with Gasteiger partial charge in [-0.05, 0) is 25.6 Å². The molecular weight excluding hydrogens is 394 g/mol. The molecule has 0 aliphatic rings. The molecule has 0 spiro atoms. The van der Waals surface area contributed by atoms with E-state index in [-0.39, 0.29) is 35.2 Å². The Kier molecular flexibility index (Phi) is 9.59. The van der Waals surface area contributed by atoms with Crippen molar-refractivity contribution in [1.29, 1.82) is 0 Å². The molecule has 0 atom stereocenters. The van der Waals surface area contributed by atoms with Crippen molar-refractivity contribution in [2.75, 3.05) is 34.2 Å². The van der Waals surface area contributed by atoms with Crippen molar-refractivity contribution in [3.05, 3.63) is 35.6 Å². The zero-order valence-corrected chi connectivity index (χ0v) is 16.4. The summed E-state index contributed by atoms with van der Waals surface area (Å²) in [7, 11) is 5.84. The van der Waals surface area contributed by atoms with E-state index in [0.29, 0.717) is 18.1 Å². The molecule has 6 heteroatoms. The van der Waals surface area contributed by atoms with Crippen LogP contribution in [0, 0.1) is 11.2 Å². The molecule has 22 heavy (non-hydrogen) atoms. The zero-order chi connectivity index (χ0) is 15.9. The number of nitrogens with zero attached hydrogens (tertiary/aromatic N) is 2. The minimum Gasteiger partial charge on any atom is -0.356 e. The minimum atomic E-state index is -0.201.